The summed E-state index contributed by atoms with van der Waals surface area (Å²) in [5, 5.41) is 0.497. The van der Waals surface area contributed by atoms with Gasteiger partial charge in [-0.2, -0.15) is 0 Å². The number of likely N-dealkylation sites (tertiary alicyclic amines) is 1. The zero-order valence-corrected chi connectivity index (χ0v) is 12.2. The zero-order valence-electron chi connectivity index (χ0n) is 11.5. The van der Waals surface area contributed by atoms with Crippen molar-refractivity contribution in [3.63, 3.8) is 0 Å². The molecule has 1 unspecified atom stereocenters. The van der Waals surface area contributed by atoms with Gasteiger partial charge in [-0.15, -0.1) is 0 Å². The normalized spacial score (nSPS) is 20.2. The second-order valence-corrected chi connectivity index (χ2v) is 6.03. The molecule has 1 aliphatic rings. The molecule has 4 heteroatoms. The van der Waals surface area contributed by atoms with Crippen LogP contribution < -0.4 is 5.73 Å². The first-order valence-electron chi connectivity index (χ1n) is 6.95. The largest absolute Gasteiger partial charge is 0.329 e. The summed E-state index contributed by atoms with van der Waals surface area (Å²) in [6.07, 6.45) is 4.23. The van der Waals surface area contributed by atoms with Crippen molar-refractivity contribution in [2.24, 2.45) is 5.73 Å². The van der Waals surface area contributed by atoms with E-state index in [-0.39, 0.29) is 11.4 Å². The summed E-state index contributed by atoms with van der Waals surface area (Å²) in [5.41, 5.74) is 6.35. The van der Waals surface area contributed by atoms with Crippen LogP contribution in [0.25, 0.3) is 0 Å². The number of rotatable bonds is 4. The van der Waals surface area contributed by atoms with Crippen LogP contribution in [0.5, 0.6) is 0 Å². The minimum absolute atomic E-state index is 0.216. The van der Waals surface area contributed by atoms with E-state index < -0.39 is 0 Å². The second-order valence-electron chi connectivity index (χ2n) is 5.63. The molecular weight excluding hydrogens is 263 g/mol. The maximum absolute atomic E-state index is 13.9. The standard InChI is InChI=1S/C15H22ClFN2/c1-15(11-18,19-8-3-2-4-9-19)10-12-13(16)6-5-7-14(12)17/h5-7H,2-4,8-11,18H2,1H3. The molecule has 2 N–H and O–H groups in total. The topological polar surface area (TPSA) is 29.3 Å². The number of nitrogens with zero attached hydrogens (tertiary/aromatic N) is 1. The van der Waals surface area contributed by atoms with E-state index in [1.807, 2.05) is 0 Å². The summed E-state index contributed by atoms with van der Waals surface area (Å²) in [4.78, 5) is 2.39. The molecule has 0 amide bonds. The number of halogens is 2. The molecule has 1 heterocycles. The average molecular weight is 285 g/mol. The van der Waals surface area contributed by atoms with E-state index in [9.17, 15) is 4.39 Å². The quantitative estimate of drug-likeness (QED) is 0.920. The van der Waals surface area contributed by atoms with E-state index in [2.05, 4.69) is 11.8 Å². The van der Waals surface area contributed by atoms with Crippen LogP contribution in [0, 0.1) is 5.82 Å². The fourth-order valence-corrected chi connectivity index (χ4v) is 3.06. The van der Waals surface area contributed by atoms with Crippen molar-refractivity contribution in [2.45, 2.75) is 38.1 Å². The van der Waals surface area contributed by atoms with Gasteiger partial charge in [0, 0.05) is 22.7 Å². The van der Waals surface area contributed by atoms with Crippen molar-refractivity contribution in [1.29, 1.82) is 0 Å². The highest BCUT2D eigenvalue weighted by molar-refractivity contribution is 6.31. The Balaban J connectivity index is 2.22. The third-order valence-corrected chi connectivity index (χ3v) is 4.53. The number of benzene rings is 1. The van der Waals surface area contributed by atoms with Gasteiger partial charge in [-0.3, -0.25) is 4.90 Å². The van der Waals surface area contributed by atoms with E-state index in [1.165, 1.54) is 25.3 Å². The van der Waals surface area contributed by atoms with Gasteiger partial charge >= 0.3 is 0 Å². The first-order valence-corrected chi connectivity index (χ1v) is 7.32. The zero-order chi connectivity index (χ0) is 13.9. The number of hydrogen-bond acceptors (Lipinski definition) is 2. The Morgan fingerprint density at radius 3 is 2.58 bits per heavy atom. The van der Waals surface area contributed by atoms with Crippen LogP contribution in [0.1, 0.15) is 31.7 Å². The highest BCUT2D eigenvalue weighted by Crippen LogP contribution is 2.28. The minimum atomic E-state index is -0.232. The van der Waals surface area contributed by atoms with Crippen molar-refractivity contribution in [3.8, 4) is 0 Å². The van der Waals surface area contributed by atoms with E-state index >= 15 is 0 Å². The molecule has 1 fully saturated rings. The highest BCUT2D eigenvalue weighted by Gasteiger charge is 2.33. The molecule has 0 spiro atoms. The van der Waals surface area contributed by atoms with Gasteiger partial charge in [-0.1, -0.05) is 24.1 Å². The molecular formula is C15H22ClFN2. The predicted octanol–water partition coefficient (Wildman–Crippen LogP) is 3.22. The van der Waals surface area contributed by atoms with E-state index in [0.717, 1.165) is 13.1 Å². The lowest BCUT2D eigenvalue weighted by atomic mass is 9.89. The molecule has 0 saturated carbocycles. The Kier molecular flexibility index (Phi) is 4.82. The van der Waals surface area contributed by atoms with Crippen LogP contribution in [0.4, 0.5) is 4.39 Å². The molecule has 106 valence electrons. The third kappa shape index (κ3) is 3.28. The Labute approximate surface area is 119 Å². The summed E-state index contributed by atoms with van der Waals surface area (Å²) in [6.45, 7) is 4.71. The fraction of sp³-hybridized carbons (Fsp3) is 0.600. The molecule has 0 aliphatic carbocycles. The molecule has 2 nitrogen and oxygen atoms in total. The molecule has 1 aromatic carbocycles. The van der Waals surface area contributed by atoms with E-state index in [1.54, 1.807) is 12.1 Å². The Morgan fingerprint density at radius 1 is 1.32 bits per heavy atom. The molecule has 0 radical (unpaired) electrons. The van der Waals surface area contributed by atoms with Crippen LogP contribution in [0.15, 0.2) is 18.2 Å². The van der Waals surface area contributed by atoms with Crippen LogP contribution in [-0.2, 0) is 6.42 Å². The van der Waals surface area contributed by atoms with Crippen molar-refractivity contribution in [2.75, 3.05) is 19.6 Å². The predicted molar refractivity (Wildman–Crippen MR) is 78.0 cm³/mol. The van der Waals surface area contributed by atoms with Crippen molar-refractivity contribution < 1.29 is 4.39 Å². The lowest BCUT2D eigenvalue weighted by Gasteiger charge is -2.43. The second kappa shape index (κ2) is 6.21. The van der Waals surface area contributed by atoms with Gasteiger partial charge in [0.15, 0.2) is 0 Å². The van der Waals surface area contributed by atoms with Crippen LogP contribution in [0.3, 0.4) is 0 Å². The van der Waals surface area contributed by atoms with Crippen molar-refractivity contribution in [1.82, 2.24) is 4.90 Å². The van der Waals surface area contributed by atoms with Gasteiger partial charge in [0.25, 0.3) is 0 Å². The number of nitrogens with two attached hydrogens (primary N) is 1. The van der Waals surface area contributed by atoms with Gasteiger partial charge in [0.2, 0.25) is 0 Å². The average Bonchev–Trinajstić information content (AvgIpc) is 2.44. The van der Waals surface area contributed by atoms with Crippen molar-refractivity contribution >= 4 is 11.6 Å². The molecule has 0 aromatic heterocycles. The molecule has 1 aromatic rings. The summed E-state index contributed by atoms with van der Waals surface area (Å²) in [6, 6.07) is 4.85. The fourth-order valence-electron chi connectivity index (χ4n) is 2.83. The number of piperidine rings is 1. The van der Waals surface area contributed by atoms with Gasteiger partial charge in [0.05, 0.1) is 0 Å². The van der Waals surface area contributed by atoms with Crippen LogP contribution in [0.2, 0.25) is 5.02 Å². The Hall–Kier alpha value is -0.640. The summed E-state index contributed by atoms with van der Waals surface area (Å²) < 4.78 is 13.9. The summed E-state index contributed by atoms with van der Waals surface area (Å²) >= 11 is 6.13. The Morgan fingerprint density at radius 2 is 2.00 bits per heavy atom. The molecule has 19 heavy (non-hydrogen) atoms. The van der Waals surface area contributed by atoms with Crippen molar-refractivity contribution in [3.05, 3.63) is 34.6 Å². The molecule has 1 aliphatic heterocycles. The molecule has 1 atom stereocenters. The summed E-state index contributed by atoms with van der Waals surface area (Å²) in [7, 11) is 0. The minimum Gasteiger partial charge on any atom is -0.329 e. The monoisotopic (exact) mass is 284 g/mol. The van der Waals surface area contributed by atoms with Crippen LogP contribution >= 0.6 is 11.6 Å². The van der Waals surface area contributed by atoms with Gasteiger partial charge in [-0.25, -0.2) is 4.39 Å². The third-order valence-electron chi connectivity index (χ3n) is 4.18. The van der Waals surface area contributed by atoms with E-state index in [0.29, 0.717) is 23.6 Å². The smallest absolute Gasteiger partial charge is 0.127 e. The van der Waals surface area contributed by atoms with E-state index in [4.69, 9.17) is 17.3 Å². The highest BCUT2D eigenvalue weighted by atomic mass is 35.5. The molecule has 0 bridgehead atoms. The maximum atomic E-state index is 13.9. The SMILES string of the molecule is CC(CN)(Cc1c(F)cccc1Cl)N1CCCCC1. The van der Waals surface area contributed by atoms with Gasteiger partial charge in [0.1, 0.15) is 5.82 Å². The number of hydrogen-bond donors (Lipinski definition) is 1. The van der Waals surface area contributed by atoms with Crippen LogP contribution in [-0.4, -0.2) is 30.1 Å². The summed E-state index contributed by atoms with van der Waals surface area (Å²) in [5.74, 6) is -0.232. The van der Waals surface area contributed by atoms with Gasteiger partial charge < -0.3 is 5.73 Å². The Bertz CT molecular complexity index is 412. The first-order chi connectivity index (χ1) is 9.07. The maximum Gasteiger partial charge on any atom is 0.127 e. The lowest BCUT2D eigenvalue weighted by Crippen LogP contribution is -2.55. The lowest BCUT2D eigenvalue weighted by molar-refractivity contribution is 0.0863. The van der Waals surface area contributed by atoms with Gasteiger partial charge in [-0.05, 0) is 51.4 Å². The first kappa shape index (κ1) is 14.8. The molecule has 1 saturated heterocycles. The molecule has 2 rings (SSSR count).